The Balaban J connectivity index is 1.96. The number of methoxy groups -OCH3 is 2. The van der Waals surface area contributed by atoms with E-state index in [9.17, 15) is 13.2 Å². The minimum absolute atomic E-state index is 0.171. The van der Waals surface area contributed by atoms with Gasteiger partial charge in [0.15, 0.2) is 16.3 Å². The lowest BCUT2D eigenvalue weighted by molar-refractivity contribution is 0.0997. The van der Waals surface area contributed by atoms with Crippen molar-refractivity contribution < 1.29 is 22.7 Å². The number of ether oxygens (including phenoxy) is 2. The number of aryl methyl sites for hydroxylation is 1. The second-order valence-corrected chi connectivity index (χ2v) is 12.3. The lowest BCUT2D eigenvalue weighted by atomic mass is 10.2. The molecule has 0 radical (unpaired) electrons. The smallest absolute Gasteiger partial charge is 0.279 e. The molecule has 196 valence electrons. The maximum absolute atomic E-state index is 13.3. The third-order valence-corrected chi connectivity index (χ3v) is 8.47. The van der Waals surface area contributed by atoms with Gasteiger partial charge in [0.25, 0.3) is 5.91 Å². The summed E-state index contributed by atoms with van der Waals surface area (Å²) in [5.41, 5.74) is 1.21. The van der Waals surface area contributed by atoms with Gasteiger partial charge in [0.05, 0.1) is 29.3 Å². The maximum Gasteiger partial charge on any atom is 0.279 e. The first kappa shape index (κ1) is 27.9. The molecule has 3 aromatic rings. The summed E-state index contributed by atoms with van der Waals surface area (Å²) in [5.74, 6) is 1.17. The molecule has 0 aliphatic carbocycles. The molecule has 10 heteroatoms. The van der Waals surface area contributed by atoms with Gasteiger partial charge >= 0.3 is 0 Å². The summed E-state index contributed by atoms with van der Waals surface area (Å²) in [6.07, 6.45) is 0. The van der Waals surface area contributed by atoms with Crippen molar-refractivity contribution in [3.63, 3.8) is 0 Å². The van der Waals surface area contributed by atoms with E-state index in [1.54, 1.807) is 14.2 Å². The van der Waals surface area contributed by atoms with Crippen molar-refractivity contribution in [1.82, 2.24) is 8.87 Å². The molecule has 2 aromatic carbocycles. The average Bonchev–Trinajstić information content (AvgIpc) is 3.17. The largest absolute Gasteiger partial charge is 0.493 e. The molecular formula is C26H35N3O5S2. The zero-order valence-corrected chi connectivity index (χ0v) is 23.6. The number of fused-ring (bicyclic) bond motifs is 1. The van der Waals surface area contributed by atoms with Gasteiger partial charge in [-0.3, -0.25) is 4.79 Å². The Bertz CT molecular complexity index is 1380. The van der Waals surface area contributed by atoms with Crippen LogP contribution in [0.1, 0.15) is 45.0 Å². The fourth-order valence-corrected chi connectivity index (χ4v) is 6.81. The highest BCUT2D eigenvalue weighted by Gasteiger charge is 2.26. The SMILES string of the molecule is CCn1c(=NC(=O)c2ccc(S(=O)(=O)N(CC(C)C)CC(C)C)cc2)sc2cc(OC)c(OC)cc21. The summed E-state index contributed by atoms with van der Waals surface area (Å²) >= 11 is 1.38. The van der Waals surface area contributed by atoms with Gasteiger partial charge in [-0.25, -0.2) is 8.42 Å². The standard InChI is InChI=1S/C26H35N3O5S2/c1-8-29-21-13-22(33-6)23(34-7)14-24(21)35-26(29)27-25(30)19-9-11-20(12-10-19)36(31,32)28(15-17(2)3)16-18(4)5/h9-14,17-18H,8,15-16H2,1-7H3. The normalized spacial score (nSPS) is 12.8. The van der Waals surface area contributed by atoms with Crippen LogP contribution in [0.25, 0.3) is 10.2 Å². The van der Waals surface area contributed by atoms with Gasteiger partial charge in [-0.2, -0.15) is 9.30 Å². The van der Waals surface area contributed by atoms with Gasteiger partial charge < -0.3 is 14.0 Å². The number of benzene rings is 2. The highest BCUT2D eigenvalue weighted by Crippen LogP contribution is 2.33. The Morgan fingerprint density at radius 2 is 1.56 bits per heavy atom. The monoisotopic (exact) mass is 533 g/mol. The van der Waals surface area contributed by atoms with Gasteiger partial charge in [-0.15, -0.1) is 0 Å². The molecule has 0 spiro atoms. The van der Waals surface area contributed by atoms with Gasteiger partial charge in [0.1, 0.15) is 0 Å². The summed E-state index contributed by atoms with van der Waals surface area (Å²) in [7, 11) is -0.511. The second kappa shape index (κ2) is 11.6. The predicted octanol–water partition coefficient (Wildman–Crippen LogP) is 4.78. The highest BCUT2D eigenvalue weighted by atomic mass is 32.2. The molecule has 8 nitrogen and oxygen atoms in total. The van der Waals surface area contributed by atoms with Crippen LogP contribution in [0.4, 0.5) is 0 Å². The molecule has 1 amide bonds. The van der Waals surface area contributed by atoms with E-state index in [2.05, 4.69) is 4.99 Å². The van der Waals surface area contributed by atoms with Crippen molar-refractivity contribution >= 4 is 37.5 Å². The van der Waals surface area contributed by atoms with Crippen LogP contribution >= 0.6 is 11.3 Å². The molecule has 0 atom stereocenters. The van der Waals surface area contributed by atoms with E-state index in [0.717, 1.165) is 10.2 Å². The summed E-state index contributed by atoms with van der Waals surface area (Å²) in [5, 5.41) is 0. The van der Waals surface area contributed by atoms with E-state index < -0.39 is 15.9 Å². The molecule has 0 saturated carbocycles. The number of hydrogen-bond acceptors (Lipinski definition) is 6. The third-order valence-electron chi connectivity index (χ3n) is 5.58. The number of rotatable bonds is 10. The quantitative estimate of drug-likeness (QED) is 0.374. The number of sulfonamides is 1. The van der Waals surface area contributed by atoms with Gasteiger partial charge in [0, 0.05) is 37.3 Å². The van der Waals surface area contributed by atoms with Crippen molar-refractivity contribution in [3.8, 4) is 11.5 Å². The van der Waals surface area contributed by atoms with E-state index in [-0.39, 0.29) is 16.7 Å². The molecule has 0 unspecified atom stereocenters. The van der Waals surface area contributed by atoms with Crippen LogP contribution in [0.5, 0.6) is 11.5 Å². The molecule has 0 N–H and O–H groups in total. The minimum atomic E-state index is -3.67. The number of carbonyl (C=O) groups excluding carboxylic acids is 1. The molecule has 3 rings (SSSR count). The van der Waals surface area contributed by atoms with E-state index in [1.165, 1.54) is 39.9 Å². The first-order valence-corrected chi connectivity index (χ1v) is 14.2. The van der Waals surface area contributed by atoms with Crippen LogP contribution < -0.4 is 14.3 Å². The van der Waals surface area contributed by atoms with Crippen molar-refractivity contribution in [2.75, 3.05) is 27.3 Å². The van der Waals surface area contributed by atoms with Crippen LogP contribution in [-0.2, 0) is 16.6 Å². The van der Waals surface area contributed by atoms with E-state index in [0.29, 0.717) is 41.5 Å². The Morgan fingerprint density at radius 3 is 2.06 bits per heavy atom. The number of nitrogens with zero attached hydrogens (tertiary/aromatic N) is 3. The molecular weight excluding hydrogens is 498 g/mol. The van der Waals surface area contributed by atoms with Crippen LogP contribution in [-0.4, -0.2) is 50.5 Å². The number of thiazole rings is 1. The summed E-state index contributed by atoms with van der Waals surface area (Å²) in [6, 6.07) is 9.76. The van der Waals surface area contributed by atoms with Crippen molar-refractivity contribution in [1.29, 1.82) is 0 Å². The fraction of sp³-hybridized carbons (Fsp3) is 0.462. The van der Waals surface area contributed by atoms with Crippen LogP contribution in [0.3, 0.4) is 0 Å². The van der Waals surface area contributed by atoms with E-state index >= 15 is 0 Å². The van der Waals surface area contributed by atoms with Crippen LogP contribution in [0, 0.1) is 11.8 Å². The zero-order chi connectivity index (χ0) is 26.6. The van der Waals surface area contributed by atoms with Crippen LogP contribution in [0.2, 0.25) is 0 Å². The minimum Gasteiger partial charge on any atom is -0.493 e. The zero-order valence-electron chi connectivity index (χ0n) is 21.9. The molecule has 0 saturated heterocycles. The number of aromatic nitrogens is 1. The predicted molar refractivity (Wildman–Crippen MR) is 143 cm³/mol. The van der Waals surface area contributed by atoms with Gasteiger partial charge in [-0.1, -0.05) is 39.0 Å². The molecule has 0 aliphatic heterocycles. The average molecular weight is 534 g/mol. The van der Waals surface area contributed by atoms with Gasteiger partial charge in [0.2, 0.25) is 10.0 Å². The van der Waals surface area contributed by atoms with Crippen molar-refractivity contribution in [2.24, 2.45) is 16.8 Å². The summed E-state index contributed by atoms with van der Waals surface area (Å²) < 4.78 is 41.7. The topological polar surface area (TPSA) is 90.2 Å². The van der Waals surface area contributed by atoms with E-state index in [4.69, 9.17) is 9.47 Å². The lowest BCUT2D eigenvalue weighted by Gasteiger charge is -2.25. The fourth-order valence-electron chi connectivity index (χ4n) is 3.94. The number of amides is 1. The molecule has 0 aliphatic rings. The Hall–Kier alpha value is -2.69. The summed E-state index contributed by atoms with van der Waals surface area (Å²) in [4.78, 5) is 18.1. The second-order valence-electron chi connectivity index (χ2n) is 9.35. The third kappa shape index (κ3) is 5.99. The Labute approximate surface area is 217 Å². The maximum atomic E-state index is 13.3. The highest BCUT2D eigenvalue weighted by molar-refractivity contribution is 7.89. The van der Waals surface area contributed by atoms with Gasteiger partial charge in [-0.05, 0) is 43.0 Å². The lowest BCUT2D eigenvalue weighted by Crippen LogP contribution is -2.37. The number of hydrogen-bond donors (Lipinski definition) is 0. The summed E-state index contributed by atoms with van der Waals surface area (Å²) in [6.45, 7) is 11.4. The molecule has 1 aromatic heterocycles. The van der Waals surface area contributed by atoms with E-state index in [1.807, 2.05) is 51.3 Å². The number of carbonyl (C=O) groups is 1. The molecule has 0 bridgehead atoms. The van der Waals surface area contributed by atoms with Crippen molar-refractivity contribution in [2.45, 2.75) is 46.1 Å². The van der Waals surface area contributed by atoms with Crippen molar-refractivity contribution in [3.05, 3.63) is 46.8 Å². The molecule has 36 heavy (non-hydrogen) atoms. The Morgan fingerprint density at radius 1 is 1.00 bits per heavy atom. The molecule has 1 heterocycles. The van der Waals surface area contributed by atoms with Crippen LogP contribution in [0.15, 0.2) is 46.3 Å². The molecule has 0 fully saturated rings. The Kier molecular flexibility index (Phi) is 8.97. The first-order valence-electron chi connectivity index (χ1n) is 12.0. The first-order chi connectivity index (χ1) is 17.0.